The molecule has 4 heteroatoms. The first-order chi connectivity index (χ1) is 7.83. The number of aromatic nitrogens is 3. The molecule has 0 atom stereocenters. The molecule has 78 valence electrons. The van der Waals surface area contributed by atoms with E-state index in [0.717, 1.165) is 26.8 Å². The highest BCUT2D eigenvalue weighted by Crippen LogP contribution is 2.21. The van der Waals surface area contributed by atoms with Crippen molar-refractivity contribution >= 4 is 26.8 Å². The van der Waals surface area contributed by atoms with Crippen molar-refractivity contribution in [2.75, 3.05) is 0 Å². The predicted molar refractivity (Wildman–Crippen MR) is 67.0 cm³/mol. The van der Waals surface area contributed by atoms with E-state index in [2.05, 4.69) is 43.0 Å². The molecule has 3 nitrogen and oxygen atoms in total. The van der Waals surface area contributed by atoms with Crippen LogP contribution >= 0.6 is 15.9 Å². The molecule has 0 aliphatic carbocycles. The minimum Gasteiger partial charge on any atom is -0.351 e. The van der Waals surface area contributed by atoms with Crippen molar-refractivity contribution in [1.29, 1.82) is 0 Å². The number of benzene rings is 1. The lowest BCUT2D eigenvalue weighted by molar-refractivity contribution is 1.30. The topological polar surface area (TPSA) is 41.6 Å². The highest BCUT2D eigenvalue weighted by Gasteiger charge is 2.02. The van der Waals surface area contributed by atoms with Crippen LogP contribution in [0.25, 0.3) is 22.3 Å². The van der Waals surface area contributed by atoms with E-state index in [9.17, 15) is 0 Å². The molecule has 2 heterocycles. The van der Waals surface area contributed by atoms with Crippen molar-refractivity contribution in [2.45, 2.75) is 0 Å². The molecule has 0 aliphatic rings. The summed E-state index contributed by atoms with van der Waals surface area (Å²) in [5.41, 5.74) is 2.73. The zero-order valence-electron chi connectivity index (χ0n) is 8.31. The lowest BCUT2D eigenvalue weighted by Crippen LogP contribution is -1.85. The maximum Gasteiger partial charge on any atom is 0.106 e. The number of aromatic amines is 1. The van der Waals surface area contributed by atoms with Crippen LogP contribution in [0.5, 0.6) is 0 Å². The SMILES string of the molecule is Brc1ccc2nc(-c3c[nH]cn3)ccc2c1. The van der Waals surface area contributed by atoms with Crippen molar-refractivity contribution in [2.24, 2.45) is 0 Å². The molecule has 0 saturated heterocycles. The Balaban J connectivity index is 2.20. The molecule has 3 aromatic rings. The van der Waals surface area contributed by atoms with Gasteiger partial charge < -0.3 is 4.98 Å². The molecule has 16 heavy (non-hydrogen) atoms. The highest BCUT2D eigenvalue weighted by atomic mass is 79.9. The van der Waals surface area contributed by atoms with Gasteiger partial charge in [0.15, 0.2) is 0 Å². The van der Waals surface area contributed by atoms with Crippen molar-refractivity contribution in [3.05, 3.63) is 47.3 Å². The lowest BCUT2D eigenvalue weighted by Gasteiger charge is -2.00. The molecule has 0 bridgehead atoms. The summed E-state index contributed by atoms with van der Waals surface area (Å²) >= 11 is 3.44. The molecule has 2 aromatic heterocycles. The quantitative estimate of drug-likeness (QED) is 0.739. The molecular formula is C12H8BrN3. The van der Waals surface area contributed by atoms with E-state index < -0.39 is 0 Å². The molecule has 0 radical (unpaired) electrons. The second-order valence-corrected chi connectivity index (χ2v) is 4.40. The predicted octanol–water partition coefficient (Wildman–Crippen LogP) is 3.39. The van der Waals surface area contributed by atoms with Gasteiger partial charge in [0.2, 0.25) is 0 Å². The third-order valence-electron chi connectivity index (χ3n) is 2.41. The van der Waals surface area contributed by atoms with Gasteiger partial charge in [-0.25, -0.2) is 9.97 Å². The van der Waals surface area contributed by atoms with Crippen LogP contribution in [0.4, 0.5) is 0 Å². The fourth-order valence-corrected chi connectivity index (χ4v) is 2.02. The van der Waals surface area contributed by atoms with Crippen LogP contribution in [-0.2, 0) is 0 Å². The molecule has 0 amide bonds. The van der Waals surface area contributed by atoms with Crippen LogP contribution in [-0.4, -0.2) is 15.0 Å². The van der Waals surface area contributed by atoms with E-state index in [0.29, 0.717) is 0 Å². The summed E-state index contributed by atoms with van der Waals surface area (Å²) in [4.78, 5) is 11.7. The van der Waals surface area contributed by atoms with Gasteiger partial charge in [0.1, 0.15) is 5.69 Å². The Hall–Kier alpha value is -1.68. The molecular weight excluding hydrogens is 266 g/mol. The smallest absolute Gasteiger partial charge is 0.106 e. The van der Waals surface area contributed by atoms with E-state index in [-0.39, 0.29) is 0 Å². The molecule has 0 saturated carbocycles. The van der Waals surface area contributed by atoms with Gasteiger partial charge in [-0.3, -0.25) is 0 Å². The van der Waals surface area contributed by atoms with Gasteiger partial charge in [-0.05, 0) is 24.3 Å². The molecule has 0 aliphatic heterocycles. The van der Waals surface area contributed by atoms with Crippen LogP contribution in [0.3, 0.4) is 0 Å². The Morgan fingerprint density at radius 3 is 2.81 bits per heavy atom. The Morgan fingerprint density at radius 1 is 1.06 bits per heavy atom. The number of nitrogens with zero attached hydrogens (tertiary/aromatic N) is 2. The van der Waals surface area contributed by atoms with Gasteiger partial charge in [-0.1, -0.05) is 22.0 Å². The molecule has 3 rings (SSSR count). The first-order valence-corrected chi connectivity index (χ1v) is 5.68. The summed E-state index contributed by atoms with van der Waals surface area (Å²) in [6.07, 6.45) is 3.50. The van der Waals surface area contributed by atoms with Gasteiger partial charge >= 0.3 is 0 Å². The van der Waals surface area contributed by atoms with Gasteiger partial charge in [0.25, 0.3) is 0 Å². The van der Waals surface area contributed by atoms with E-state index in [1.54, 1.807) is 6.33 Å². The highest BCUT2D eigenvalue weighted by molar-refractivity contribution is 9.10. The van der Waals surface area contributed by atoms with E-state index >= 15 is 0 Å². The first kappa shape index (κ1) is 9.54. The zero-order valence-corrected chi connectivity index (χ0v) is 9.90. The largest absolute Gasteiger partial charge is 0.351 e. The second kappa shape index (κ2) is 3.72. The minimum atomic E-state index is 0.866. The normalized spacial score (nSPS) is 10.8. The number of imidazole rings is 1. The molecule has 0 unspecified atom stereocenters. The first-order valence-electron chi connectivity index (χ1n) is 4.88. The van der Waals surface area contributed by atoms with E-state index in [4.69, 9.17) is 0 Å². The number of halogens is 1. The number of H-pyrrole nitrogens is 1. The van der Waals surface area contributed by atoms with Crippen molar-refractivity contribution in [1.82, 2.24) is 15.0 Å². The summed E-state index contributed by atoms with van der Waals surface area (Å²) in [6, 6.07) is 10.1. The summed E-state index contributed by atoms with van der Waals surface area (Å²) in [7, 11) is 0. The van der Waals surface area contributed by atoms with Crippen molar-refractivity contribution < 1.29 is 0 Å². The molecule has 1 N–H and O–H groups in total. The Morgan fingerprint density at radius 2 is 2.00 bits per heavy atom. The Kier molecular flexibility index (Phi) is 2.22. The van der Waals surface area contributed by atoms with Gasteiger partial charge in [-0.15, -0.1) is 0 Å². The number of hydrogen-bond acceptors (Lipinski definition) is 2. The van der Waals surface area contributed by atoms with E-state index in [1.165, 1.54) is 0 Å². The average molecular weight is 274 g/mol. The maximum absolute atomic E-state index is 4.56. The zero-order chi connectivity index (χ0) is 11.0. The molecule has 1 aromatic carbocycles. The second-order valence-electron chi connectivity index (χ2n) is 3.49. The summed E-state index contributed by atoms with van der Waals surface area (Å²) < 4.78 is 1.06. The maximum atomic E-state index is 4.56. The minimum absolute atomic E-state index is 0.866. The Bertz CT molecular complexity index is 632. The number of fused-ring (bicyclic) bond motifs is 1. The summed E-state index contributed by atoms with van der Waals surface area (Å²) in [5, 5.41) is 1.12. The van der Waals surface area contributed by atoms with Crippen LogP contribution in [0.15, 0.2) is 47.3 Å². The number of rotatable bonds is 1. The third kappa shape index (κ3) is 1.61. The van der Waals surface area contributed by atoms with Gasteiger partial charge in [-0.2, -0.15) is 0 Å². The van der Waals surface area contributed by atoms with Crippen LogP contribution in [0.1, 0.15) is 0 Å². The van der Waals surface area contributed by atoms with Crippen LogP contribution in [0, 0.1) is 0 Å². The number of hydrogen-bond donors (Lipinski definition) is 1. The third-order valence-corrected chi connectivity index (χ3v) is 2.91. The van der Waals surface area contributed by atoms with Crippen molar-refractivity contribution in [3.8, 4) is 11.4 Å². The summed E-state index contributed by atoms with van der Waals surface area (Å²) in [6.45, 7) is 0. The Labute approximate surface area is 101 Å². The number of nitrogens with one attached hydrogen (secondary N) is 1. The molecule has 0 spiro atoms. The number of pyridine rings is 1. The van der Waals surface area contributed by atoms with Crippen molar-refractivity contribution in [3.63, 3.8) is 0 Å². The fourth-order valence-electron chi connectivity index (χ4n) is 1.64. The summed E-state index contributed by atoms with van der Waals surface area (Å²) in [5.74, 6) is 0. The van der Waals surface area contributed by atoms with Crippen LogP contribution in [0.2, 0.25) is 0 Å². The molecule has 0 fully saturated rings. The van der Waals surface area contributed by atoms with E-state index in [1.807, 2.05) is 24.4 Å². The fraction of sp³-hybridized carbons (Fsp3) is 0. The van der Waals surface area contributed by atoms with Gasteiger partial charge in [0, 0.05) is 16.1 Å². The van der Waals surface area contributed by atoms with Crippen LogP contribution < -0.4 is 0 Å². The lowest BCUT2D eigenvalue weighted by atomic mass is 10.2. The standard InChI is InChI=1S/C12H8BrN3/c13-9-2-4-10-8(5-9)1-3-11(16-10)12-6-14-7-15-12/h1-7H,(H,14,15). The average Bonchev–Trinajstić information content (AvgIpc) is 2.82. The van der Waals surface area contributed by atoms with Gasteiger partial charge in [0.05, 0.1) is 17.5 Å². The monoisotopic (exact) mass is 273 g/mol.